The van der Waals surface area contributed by atoms with Crippen molar-refractivity contribution in [3.05, 3.63) is 42.7 Å². The van der Waals surface area contributed by atoms with Crippen molar-refractivity contribution in [1.82, 2.24) is 0 Å². The third-order valence-electron chi connectivity index (χ3n) is 5.03. The fourth-order valence-corrected chi connectivity index (χ4v) is 5.50. The summed E-state index contributed by atoms with van der Waals surface area (Å²) in [4.78, 5) is 26.0. The number of carbonyl (C=O) groups excluding carboxylic acids is 2. The minimum absolute atomic E-state index is 0.133. The van der Waals surface area contributed by atoms with Gasteiger partial charge in [-0.3, -0.25) is 4.79 Å². The Balaban J connectivity index is 1.57. The van der Waals surface area contributed by atoms with Crippen LogP contribution in [0.2, 0.25) is 5.02 Å². The molecule has 0 spiro atoms. The number of fused-ring (bicyclic) bond motifs is 1. The van der Waals surface area contributed by atoms with Crippen LogP contribution >= 0.6 is 38.9 Å². The van der Waals surface area contributed by atoms with Crippen LogP contribution in [0.25, 0.3) is 0 Å². The lowest BCUT2D eigenvalue weighted by molar-refractivity contribution is -0.116. The van der Waals surface area contributed by atoms with E-state index in [1.54, 1.807) is 6.92 Å². The number of carbonyl (C=O) groups is 2. The number of rotatable bonds is 8. The molecule has 0 saturated heterocycles. The summed E-state index contributed by atoms with van der Waals surface area (Å²) in [5.74, 6) is 0.231. The van der Waals surface area contributed by atoms with E-state index in [1.165, 1.54) is 16.2 Å². The van der Waals surface area contributed by atoms with Gasteiger partial charge in [0.15, 0.2) is 0 Å². The van der Waals surface area contributed by atoms with Crippen molar-refractivity contribution in [3.8, 4) is 5.75 Å². The van der Waals surface area contributed by atoms with Crippen LogP contribution in [-0.2, 0) is 22.4 Å². The first-order chi connectivity index (χ1) is 14.3. The van der Waals surface area contributed by atoms with Crippen molar-refractivity contribution in [2.45, 2.75) is 52.9 Å². The van der Waals surface area contributed by atoms with E-state index in [2.05, 4.69) is 21.2 Å². The molecule has 0 bridgehead atoms. The van der Waals surface area contributed by atoms with Gasteiger partial charge >= 0.3 is 5.97 Å². The molecule has 30 heavy (non-hydrogen) atoms. The number of amides is 1. The molecule has 0 fully saturated rings. The predicted octanol–water partition coefficient (Wildman–Crippen LogP) is 6.24. The highest BCUT2D eigenvalue weighted by Gasteiger charge is 2.28. The van der Waals surface area contributed by atoms with Crippen LogP contribution in [0.15, 0.2) is 10.5 Å². The molecule has 0 unspecified atom stereocenters. The minimum atomic E-state index is -0.353. The highest BCUT2D eigenvalue weighted by molar-refractivity contribution is 9.10. The van der Waals surface area contributed by atoms with Gasteiger partial charge in [-0.2, -0.15) is 0 Å². The largest absolute Gasteiger partial charge is 0.492 e. The number of aryl methyl sites for hydroxylation is 2. The fourth-order valence-electron chi connectivity index (χ4n) is 3.52. The van der Waals surface area contributed by atoms with E-state index < -0.39 is 0 Å². The van der Waals surface area contributed by atoms with E-state index in [1.807, 2.05) is 19.9 Å². The molecule has 1 aromatic heterocycles. The Morgan fingerprint density at radius 3 is 2.80 bits per heavy atom. The second-order valence-corrected chi connectivity index (χ2v) is 9.50. The van der Waals surface area contributed by atoms with Gasteiger partial charge in [0.05, 0.1) is 23.2 Å². The summed E-state index contributed by atoms with van der Waals surface area (Å²) in [5.41, 5.74) is 3.45. The standard InChI is InChI=1S/C22H25BrClNO4S/c1-4-28-22(27)18-14-7-5-8-16(14)30-21(18)25-17(26)9-6-10-29-15-11-12(2)20(24)13(3)19(15)23/h11H,4-10H2,1-3H3,(H,25,26). The zero-order valence-electron chi connectivity index (χ0n) is 17.3. The van der Waals surface area contributed by atoms with Crippen LogP contribution in [0.5, 0.6) is 5.75 Å². The molecule has 0 radical (unpaired) electrons. The number of benzene rings is 1. The van der Waals surface area contributed by atoms with Crippen LogP contribution in [0.1, 0.15) is 58.1 Å². The Bertz CT molecular complexity index is 973. The third kappa shape index (κ3) is 5.01. The lowest BCUT2D eigenvalue weighted by Crippen LogP contribution is -2.15. The normalized spacial score (nSPS) is 12.6. The quantitative estimate of drug-likeness (QED) is 0.334. The highest BCUT2D eigenvalue weighted by Crippen LogP contribution is 2.40. The molecular weight excluding hydrogens is 490 g/mol. The van der Waals surface area contributed by atoms with Crippen molar-refractivity contribution < 1.29 is 19.1 Å². The highest BCUT2D eigenvalue weighted by atomic mass is 79.9. The number of esters is 1. The predicted molar refractivity (Wildman–Crippen MR) is 124 cm³/mol. The summed E-state index contributed by atoms with van der Waals surface area (Å²) in [6.07, 6.45) is 3.70. The van der Waals surface area contributed by atoms with E-state index in [4.69, 9.17) is 21.1 Å². The van der Waals surface area contributed by atoms with E-state index in [0.29, 0.717) is 47.4 Å². The summed E-state index contributed by atoms with van der Waals surface area (Å²) in [7, 11) is 0. The van der Waals surface area contributed by atoms with Gasteiger partial charge in [0.2, 0.25) is 5.91 Å². The Kier molecular flexibility index (Phi) is 7.82. The van der Waals surface area contributed by atoms with Crippen molar-refractivity contribution in [3.63, 3.8) is 0 Å². The number of thiophene rings is 1. The van der Waals surface area contributed by atoms with Crippen LogP contribution in [0.4, 0.5) is 5.00 Å². The Labute approximate surface area is 194 Å². The summed E-state index contributed by atoms with van der Waals surface area (Å²) >= 11 is 11.3. The van der Waals surface area contributed by atoms with Gasteiger partial charge in [-0.05, 0) is 85.1 Å². The number of anilines is 1. The Morgan fingerprint density at radius 1 is 1.30 bits per heavy atom. The van der Waals surface area contributed by atoms with Gasteiger partial charge in [-0.15, -0.1) is 11.3 Å². The summed E-state index contributed by atoms with van der Waals surface area (Å²) in [5, 5.41) is 4.24. The molecule has 1 heterocycles. The maximum atomic E-state index is 12.5. The molecule has 1 N–H and O–H groups in total. The van der Waals surface area contributed by atoms with Crippen molar-refractivity contribution >= 4 is 55.7 Å². The zero-order valence-corrected chi connectivity index (χ0v) is 20.5. The van der Waals surface area contributed by atoms with Gasteiger partial charge in [0.25, 0.3) is 0 Å². The average molecular weight is 515 g/mol. The summed E-state index contributed by atoms with van der Waals surface area (Å²) in [6.45, 7) is 6.36. The second-order valence-electron chi connectivity index (χ2n) is 7.23. The number of hydrogen-bond donors (Lipinski definition) is 1. The van der Waals surface area contributed by atoms with E-state index in [0.717, 1.165) is 40.4 Å². The van der Waals surface area contributed by atoms with Crippen LogP contribution < -0.4 is 10.1 Å². The van der Waals surface area contributed by atoms with Crippen molar-refractivity contribution in [1.29, 1.82) is 0 Å². The molecule has 8 heteroatoms. The van der Waals surface area contributed by atoms with Gasteiger partial charge in [-0.25, -0.2) is 4.79 Å². The summed E-state index contributed by atoms with van der Waals surface area (Å²) in [6, 6.07) is 1.89. The number of hydrogen-bond acceptors (Lipinski definition) is 5. The molecule has 3 rings (SSSR count). The molecule has 0 aliphatic heterocycles. The van der Waals surface area contributed by atoms with E-state index in [9.17, 15) is 9.59 Å². The molecule has 1 aliphatic carbocycles. The van der Waals surface area contributed by atoms with E-state index >= 15 is 0 Å². The molecular formula is C22H25BrClNO4S. The number of ether oxygens (including phenoxy) is 2. The number of nitrogens with one attached hydrogen (secondary N) is 1. The monoisotopic (exact) mass is 513 g/mol. The van der Waals surface area contributed by atoms with Gasteiger partial charge in [0, 0.05) is 16.3 Å². The minimum Gasteiger partial charge on any atom is -0.492 e. The lowest BCUT2D eigenvalue weighted by atomic mass is 10.1. The zero-order chi connectivity index (χ0) is 21.8. The molecule has 0 saturated carbocycles. The topological polar surface area (TPSA) is 64.6 Å². The molecule has 5 nitrogen and oxygen atoms in total. The second kappa shape index (κ2) is 10.2. The third-order valence-corrected chi connectivity index (χ3v) is 7.80. The Hall–Kier alpha value is -1.57. The maximum Gasteiger partial charge on any atom is 0.341 e. The molecule has 2 aromatic rings. The smallest absolute Gasteiger partial charge is 0.341 e. The van der Waals surface area contributed by atoms with Gasteiger partial charge in [-0.1, -0.05) is 11.6 Å². The lowest BCUT2D eigenvalue weighted by Gasteiger charge is -2.13. The molecule has 1 aromatic carbocycles. The SMILES string of the molecule is CCOC(=O)c1c(NC(=O)CCCOc2cc(C)c(Cl)c(C)c2Br)sc2c1CCC2. The van der Waals surface area contributed by atoms with Crippen LogP contribution in [-0.4, -0.2) is 25.1 Å². The van der Waals surface area contributed by atoms with E-state index in [-0.39, 0.29) is 11.9 Å². The molecule has 162 valence electrons. The summed E-state index contributed by atoms with van der Waals surface area (Å²) < 4.78 is 11.9. The first-order valence-electron chi connectivity index (χ1n) is 10.0. The van der Waals surface area contributed by atoms with Crippen LogP contribution in [0.3, 0.4) is 0 Å². The fraction of sp³-hybridized carbons (Fsp3) is 0.455. The van der Waals surface area contributed by atoms with Crippen LogP contribution in [0, 0.1) is 13.8 Å². The molecule has 0 atom stereocenters. The molecule has 1 aliphatic rings. The van der Waals surface area contributed by atoms with Gasteiger partial charge in [0.1, 0.15) is 10.8 Å². The molecule has 1 amide bonds. The van der Waals surface area contributed by atoms with Crippen molar-refractivity contribution in [2.24, 2.45) is 0 Å². The van der Waals surface area contributed by atoms with Crippen molar-refractivity contribution in [2.75, 3.05) is 18.5 Å². The Morgan fingerprint density at radius 2 is 2.07 bits per heavy atom. The number of halogens is 2. The maximum absolute atomic E-state index is 12.5. The average Bonchev–Trinajstić information content (AvgIpc) is 3.28. The first kappa shape index (κ1) is 23.1. The first-order valence-corrected chi connectivity index (χ1v) is 12.0. The van der Waals surface area contributed by atoms with Gasteiger partial charge < -0.3 is 14.8 Å².